The van der Waals surface area contributed by atoms with Crippen molar-refractivity contribution in [2.24, 2.45) is 7.05 Å². The van der Waals surface area contributed by atoms with E-state index in [1.54, 1.807) is 12.1 Å². The molecule has 0 atom stereocenters. The molecule has 0 aliphatic rings. The van der Waals surface area contributed by atoms with Gasteiger partial charge in [0.05, 0.1) is 23.3 Å². The van der Waals surface area contributed by atoms with Crippen molar-refractivity contribution in [2.75, 3.05) is 0 Å². The van der Waals surface area contributed by atoms with Gasteiger partial charge in [-0.25, -0.2) is 0 Å². The van der Waals surface area contributed by atoms with Crippen molar-refractivity contribution in [3.05, 3.63) is 70.9 Å². The van der Waals surface area contributed by atoms with Crippen LogP contribution in [0.15, 0.2) is 48.7 Å². The minimum atomic E-state index is 0.654. The highest BCUT2D eigenvalue weighted by Crippen LogP contribution is 2.24. The second kappa shape index (κ2) is 5.60. The van der Waals surface area contributed by atoms with E-state index in [0.29, 0.717) is 11.1 Å². The standard InChI is InChI=1S/C19H13N3/c1-22-13-17(18-10-16(12-21)7-9-19(18)22)8-6-14-2-4-15(11-20)5-3-14/h2-10,13H,1H3/b8-6+. The van der Waals surface area contributed by atoms with Crippen LogP contribution in [0.25, 0.3) is 23.1 Å². The molecule has 0 bridgehead atoms. The lowest BCUT2D eigenvalue weighted by atomic mass is 10.1. The maximum atomic E-state index is 9.05. The first-order valence-corrected chi connectivity index (χ1v) is 6.88. The second-order valence-corrected chi connectivity index (χ2v) is 5.11. The number of nitriles is 2. The third-order valence-corrected chi connectivity index (χ3v) is 3.64. The van der Waals surface area contributed by atoms with E-state index in [1.165, 1.54) is 0 Å². The van der Waals surface area contributed by atoms with Gasteiger partial charge >= 0.3 is 0 Å². The summed E-state index contributed by atoms with van der Waals surface area (Å²) in [4.78, 5) is 0. The Balaban J connectivity index is 2.01. The molecule has 0 spiro atoms. The van der Waals surface area contributed by atoms with Gasteiger partial charge in [0.15, 0.2) is 0 Å². The number of hydrogen-bond donors (Lipinski definition) is 0. The molecule has 0 radical (unpaired) electrons. The maximum absolute atomic E-state index is 9.05. The topological polar surface area (TPSA) is 52.5 Å². The summed E-state index contributed by atoms with van der Waals surface area (Å²) in [5.41, 5.74) is 4.51. The van der Waals surface area contributed by atoms with Crippen molar-refractivity contribution in [3.63, 3.8) is 0 Å². The normalized spacial score (nSPS) is 10.7. The van der Waals surface area contributed by atoms with E-state index in [1.807, 2.05) is 55.7 Å². The van der Waals surface area contributed by atoms with Gasteiger partial charge in [-0.2, -0.15) is 10.5 Å². The van der Waals surface area contributed by atoms with Gasteiger partial charge in [-0.15, -0.1) is 0 Å². The van der Waals surface area contributed by atoms with Crippen LogP contribution in [0.1, 0.15) is 22.3 Å². The summed E-state index contributed by atoms with van der Waals surface area (Å²) in [6, 6.07) is 17.4. The largest absolute Gasteiger partial charge is 0.350 e. The fourth-order valence-electron chi connectivity index (χ4n) is 2.48. The highest BCUT2D eigenvalue weighted by Gasteiger charge is 2.05. The van der Waals surface area contributed by atoms with Gasteiger partial charge in [0.1, 0.15) is 0 Å². The number of rotatable bonds is 2. The van der Waals surface area contributed by atoms with Gasteiger partial charge in [0.2, 0.25) is 0 Å². The van der Waals surface area contributed by atoms with Crippen molar-refractivity contribution >= 4 is 23.1 Å². The van der Waals surface area contributed by atoms with E-state index in [-0.39, 0.29) is 0 Å². The fourth-order valence-corrected chi connectivity index (χ4v) is 2.48. The van der Waals surface area contributed by atoms with Crippen LogP contribution in [-0.4, -0.2) is 4.57 Å². The van der Waals surface area contributed by atoms with E-state index >= 15 is 0 Å². The van der Waals surface area contributed by atoms with Crippen molar-refractivity contribution in [1.29, 1.82) is 10.5 Å². The molecule has 1 heterocycles. The summed E-state index contributed by atoms with van der Waals surface area (Å²) in [6.07, 6.45) is 6.09. The number of nitrogens with zero attached hydrogens (tertiary/aromatic N) is 3. The lowest BCUT2D eigenvalue weighted by Gasteiger charge is -1.96. The molecule has 0 aliphatic carbocycles. The second-order valence-electron chi connectivity index (χ2n) is 5.11. The number of benzene rings is 2. The summed E-state index contributed by atoms with van der Waals surface area (Å²) >= 11 is 0. The third-order valence-electron chi connectivity index (χ3n) is 3.64. The number of aryl methyl sites for hydroxylation is 1. The Kier molecular flexibility index (Phi) is 3.48. The molecule has 22 heavy (non-hydrogen) atoms. The van der Waals surface area contributed by atoms with E-state index in [9.17, 15) is 0 Å². The van der Waals surface area contributed by atoms with Crippen LogP contribution < -0.4 is 0 Å². The molecular weight excluding hydrogens is 270 g/mol. The Bertz CT molecular complexity index is 945. The third kappa shape index (κ3) is 2.49. The van der Waals surface area contributed by atoms with Gasteiger partial charge in [-0.1, -0.05) is 24.3 Å². The summed E-state index contributed by atoms with van der Waals surface area (Å²) < 4.78 is 2.05. The molecule has 3 heteroatoms. The van der Waals surface area contributed by atoms with Gasteiger partial charge in [-0.3, -0.25) is 0 Å². The predicted molar refractivity (Wildman–Crippen MR) is 87.7 cm³/mol. The zero-order valence-electron chi connectivity index (χ0n) is 12.1. The van der Waals surface area contributed by atoms with E-state index in [0.717, 1.165) is 22.0 Å². The van der Waals surface area contributed by atoms with Gasteiger partial charge in [0.25, 0.3) is 0 Å². The lowest BCUT2D eigenvalue weighted by Crippen LogP contribution is -1.83. The van der Waals surface area contributed by atoms with E-state index in [4.69, 9.17) is 10.5 Å². The maximum Gasteiger partial charge on any atom is 0.0991 e. The average Bonchev–Trinajstić information content (AvgIpc) is 2.89. The minimum absolute atomic E-state index is 0.654. The number of fused-ring (bicyclic) bond motifs is 1. The van der Waals surface area contributed by atoms with Crippen LogP contribution in [0.3, 0.4) is 0 Å². The van der Waals surface area contributed by atoms with Crippen LogP contribution in [0.2, 0.25) is 0 Å². The molecule has 3 aromatic rings. The van der Waals surface area contributed by atoms with Crippen LogP contribution in [0.4, 0.5) is 0 Å². The number of aromatic nitrogens is 1. The minimum Gasteiger partial charge on any atom is -0.350 e. The summed E-state index contributed by atoms with van der Waals surface area (Å²) in [7, 11) is 1.99. The Labute approximate surface area is 129 Å². The Hall–Kier alpha value is -3.30. The molecule has 0 amide bonds. The zero-order chi connectivity index (χ0) is 15.5. The highest BCUT2D eigenvalue weighted by atomic mass is 14.9. The molecule has 0 fully saturated rings. The van der Waals surface area contributed by atoms with Crippen LogP contribution in [-0.2, 0) is 7.05 Å². The quantitative estimate of drug-likeness (QED) is 0.711. The van der Waals surface area contributed by atoms with E-state index < -0.39 is 0 Å². The molecule has 3 rings (SSSR count). The SMILES string of the molecule is Cn1cc(/C=C/c2ccc(C#N)cc2)c2cc(C#N)ccc21. The molecule has 0 N–H and O–H groups in total. The summed E-state index contributed by atoms with van der Waals surface area (Å²) in [5, 5.41) is 18.9. The molecule has 104 valence electrons. The smallest absolute Gasteiger partial charge is 0.0991 e. The molecule has 2 aromatic carbocycles. The van der Waals surface area contributed by atoms with Crippen molar-refractivity contribution < 1.29 is 0 Å². The van der Waals surface area contributed by atoms with Crippen molar-refractivity contribution in [1.82, 2.24) is 4.57 Å². The fraction of sp³-hybridized carbons (Fsp3) is 0.0526. The van der Waals surface area contributed by atoms with Crippen molar-refractivity contribution in [3.8, 4) is 12.1 Å². The van der Waals surface area contributed by atoms with Gasteiger partial charge in [0, 0.05) is 29.7 Å². The van der Waals surface area contributed by atoms with Gasteiger partial charge in [-0.05, 0) is 35.9 Å². The molecule has 3 nitrogen and oxygen atoms in total. The van der Waals surface area contributed by atoms with Gasteiger partial charge < -0.3 is 4.57 Å². The number of hydrogen-bond acceptors (Lipinski definition) is 2. The molecule has 0 saturated carbocycles. The van der Waals surface area contributed by atoms with E-state index in [2.05, 4.69) is 16.7 Å². The Morgan fingerprint density at radius 2 is 1.59 bits per heavy atom. The Morgan fingerprint density at radius 1 is 0.909 bits per heavy atom. The van der Waals surface area contributed by atoms with Crippen LogP contribution >= 0.6 is 0 Å². The first-order chi connectivity index (χ1) is 10.7. The van der Waals surface area contributed by atoms with Crippen molar-refractivity contribution in [2.45, 2.75) is 0 Å². The zero-order valence-corrected chi connectivity index (χ0v) is 12.1. The first-order valence-electron chi connectivity index (χ1n) is 6.88. The average molecular weight is 283 g/mol. The van der Waals surface area contributed by atoms with Crippen LogP contribution in [0.5, 0.6) is 0 Å². The lowest BCUT2D eigenvalue weighted by molar-refractivity contribution is 0.968. The predicted octanol–water partition coefficient (Wildman–Crippen LogP) is 4.09. The molecule has 0 saturated heterocycles. The molecular formula is C19H13N3. The highest BCUT2D eigenvalue weighted by molar-refractivity contribution is 5.92. The first kappa shape index (κ1) is 13.7. The molecule has 0 aliphatic heterocycles. The molecule has 1 aromatic heterocycles. The van der Waals surface area contributed by atoms with Crippen LogP contribution in [0, 0.1) is 22.7 Å². The molecule has 0 unspecified atom stereocenters. The summed E-state index contributed by atoms with van der Waals surface area (Å²) in [6.45, 7) is 0. The summed E-state index contributed by atoms with van der Waals surface area (Å²) in [5.74, 6) is 0. The monoisotopic (exact) mass is 283 g/mol. The Morgan fingerprint density at radius 3 is 2.27 bits per heavy atom.